The fourth-order valence-electron chi connectivity index (χ4n) is 2.63. The molecule has 0 aromatic heterocycles. The van der Waals surface area contributed by atoms with Crippen LogP contribution in [0.25, 0.3) is 0 Å². The third-order valence-electron chi connectivity index (χ3n) is 3.98. The van der Waals surface area contributed by atoms with E-state index in [9.17, 15) is 8.42 Å². The van der Waals surface area contributed by atoms with Crippen LogP contribution in [0.15, 0.2) is 29.2 Å². The van der Waals surface area contributed by atoms with Crippen molar-refractivity contribution in [2.75, 3.05) is 34.3 Å². The number of ether oxygens (including phenoxy) is 1. The summed E-state index contributed by atoms with van der Waals surface area (Å²) in [6.07, 6.45) is 0.992. The highest BCUT2D eigenvalue weighted by Crippen LogP contribution is 2.25. The monoisotopic (exact) mass is 332 g/mol. The van der Waals surface area contributed by atoms with Gasteiger partial charge in [-0.15, -0.1) is 0 Å². The van der Waals surface area contributed by atoms with Crippen LogP contribution < -0.4 is 0 Å². The zero-order valence-corrected chi connectivity index (χ0v) is 14.1. The second kappa shape index (κ2) is 6.62. The smallest absolute Gasteiger partial charge is 0.244 e. The van der Waals surface area contributed by atoms with Gasteiger partial charge in [0.1, 0.15) is 4.90 Å². The lowest BCUT2D eigenvalue weighted by molar-refractivity contribution is 0.111. The van der Waals surface area contributed by atoms with Crippen LogP contribution in [0.2, 0.25) is 5.02 Å². The number of benzene rings is 1. The van der Waals surface area contributed by atoms with Crippen LogP contribution in [0.1, 0.15) is 6.42 Å². The van der Waals surface area contributed by atoms with E-state index in [2.05, 4.69) is 4.90 Å². The molecule has 0 aliphatic carbocycles. The van der Waals surface area contributed by atoms with Crippen LogP contribution in [0.5, 0.6) is 0 Å². The Balaban J connectivity index is 2.13. The lowest BCUT2D eigenvalue weighted by Crippen LogP contribution is -2.39. The maximum atomic E-state index is 12.6. The molecule has 0 unspecified atom stereocenters. The van der Waals surface area contributed by atoms with Crippen LogP contribution >= 0.6 is 11.6 Å². The molecule has 7 heteroatoms. The Morgan fingerprint density at radius 1 is 1.43 bits per heavy atom. The summed E-state index contributed by atoms with van der Waals surface area (Å²) in [6, 6.07) is 6.66. The Bertz CT molecular complexity index is 594. The number of hydrogen-bond donors (Lipinski definition) is 0. The summed E-state index contributed by atoms with van der Waals surface area (Å²) in [6.45, 7) is 1.24. The minimum Gasteiger partial charge on any atom is -0.380 e. The summed E-state index contributed by atoms with van der Waals surface area (Å²) in [5.41, 5.74) is 0. The van der Waals surface area contributed by atoms with Crippen LogP contribution in [0.3, 0.4) is 0 Å². The molecule has 1 aliphatic rings. The molecule has 1 heterocycles. The summed E-state index contributed by atoms with van der Waals surface area (Å²) >= 11 is 6.01. The third-order valence-corrected chi connectivity index (χ3v) is 6.30. The second-order valence-electron chi connectivity index (χ2n) is 5.40. The van der Waals surface area contributed by atoms with Gasteiger partial charge in [-0.25, -0.2) is 8.42 Å². The van der Waals surface area contributed by atoms with Gasteiger partial charge in [0.25, 0.3) is 0 Å². The van der Waals surface area contributed by atoms with Crippen molar-refractivity contribution in [3.63, 3.8) is 0 Å². The molecule has 118 valence electrons. The quantitative estimate of drug-likeness (QED) is 0.823. The van der Waals surface area contributed by atoms with Gasteiger partial charge in [-0.1, -0.05) is 23.7 Å². The van der Waals surface area contributed by atoms with E-state index in [4.69, 9.17) is 16.3 Å². The number of rotatable bonds is 5. The normalized spacial score (nSPS) is 23.9. The summed E-state index contributed by atoms with van der Waals surface area (Å²) < 4.78 is 31.9. The van der Waals surface area contributed by atoms with E-state index >= 15 is 0 Å². The summed E-state index contributed by atoms with van der Waals surface area (Å²) in [7, 11) is 1.69. The molecule has 1 aromatic rings. The zero-order chi connectivity index (χ0) is 15.6. The number of methoxy groups -OCH3 is 1. The first kappa shape index (κ1) is 16.7. The maximum Gasteiger partial charge on any atom is 0.244 e. The van der Waals surface area contributed by atoms with E-state index in [0.717, 1.165) is 13.0 Å². The Morgan fingerprint density at radius 3 is 2.67 bits per heavy atom. The number of likely N-dealkylation sites (N-methyl/N-ethyl adjacent to an activating group) is 2. The number of sulfonamides is 1. The highest BCUT2D eigenvalue weighted by atomic mass is 35.5. The Morgan fingerprint density at radius 2 is 2.10 bits per heavy atom. The molecule has 21 heavy (non-hydrogen) atoms. The molecule has 0 saturated carbocycles. The van der Waals surface area contributed by atoms with Crippen molar-refractivity contribution in [1.29, 1.82) is 0 Å². The van der Waals surface area contributed by atoms with Crippen LogP contribution in [-0.4, -0.2) is 64.1 Å². The average molecular weight is 333 g/mol. The average Bonchev–Trinajstić information content (AvgIpc) is 2.79. The van der Waals surface area contributed by atoms with E-state index in [0.29, 0.717) is 6.54 Å². The first-order valence-corrected chi connectivity index (χ1v) is 8.62. The number of likely N-dealkylation sites (tertiary alicyclic amines) is 1. The number of nitrogens with zero attached hydrogens (tertiary/aromatic N) is 2. The molecule has 0 amide bonds. The van der Waals surface area contributed by atoms with Gasteiger partial charge >= 0.3 is 0 Å². The zero-order valence-electron chi connectivity index (χ0n) is 12.5. The van der Waals surface area contributed by atoms with Crippen LogP contribution in [0, 0.1) is 0 Å². The van der Waals surface area contributed by atoms with Gasteiger partial charge in [0.15, 0.2) is 0 Å². The minimum absolute atomic E-state index is 0.150. The van der Waals surface area contributed by atoms with E-state index in [1.54, 1.807) is 32.4 Å². The Labute approximate surface area is 131 Å². The highest BCUT2D eigenvalue weighted by Gasteiger charge is 2.33. The van der Waals surface area contributed by atoms with Crippen molar-refractivity contribution < 1.29 is 13.2 Å². The first-order valence-electron chi connectivity index (χ1n) is 6.80. The largest absolute Gasteiger partial charge is 0.380 e. The molecule has 2 atom stereocenters. The third kappa shape index (κ3) is 3.57. The lowest BCUT2D eigenvalue weighted by Gasteiger charge is -2.25. The molecule has 1 aromatic carbocycles. The molecular weight excluding hydrogens is 312 g/mol. The standard InChI is InChI=1S/C14H21ClN2O3S/c1-16-10-12(20-3)8-11(16)9-17(2)21(18,19)14-7-5-4-6-13(14)15/h4-7,11-12H,8-10H2,1-3H3/t11-,12-/m0/s1. The molecule has 1 fully saturated rings. The van der Waals surface area contributed by atoms with Crippen LogP contribution in [0.4, 0.5) is 0 Å². The summed E-state index contributed by atoms with van der Waals surface area (Å²) in [5, 5.41) is 0.249. The predicted molar refractivity (Wildman–Crippen MR) is 83.1 cm³/mol. The van der Waals surface area contributed by atoms with Crippen molar-refractivity contribution in [2.45, 2.75) is 23.5 Å². The van der Waals surface area contributed by atoms with Gasteiger partial charge < -0.3 is 4.74 Å². The first-order chi connectivity index (χ1) is 9.86. The molecule has 1 saturated heterocycles. The van der Waals surface area contributed by atoms with Gasteiger partial charge in [-0.05, 0) is 25.6 Å². The van der Waals surface area contributed by atoms with Crippen molar-refractivity contribution in [2.24, 2.45) is 0 Å². The van der Waals surface area contributed by atoms with E-state index < -0.39 is 10.0 Å². The second-order valence-corrected chi connectivity index (χ2v) is 7.82. The molecule has 2 rings (SSSR count). The van der Waals surface area contributed by atoms with Crippen molar-refractivity contribution in [1.82, 2.24) is 9.21 Å². The van der Waals surface area contributed by atoms with Crippen molar-refractivity contribution >= 4 is 21.6 Å². The van der Waals surface area contributed by atoms with Gasteiger partial charge in [0.2, 0.25) is 10.0 Å². The van der Waals surface area contributed by atoms with Gasteiger partial charge in [0.05, 0.1) is 11.1 Å². The van der Waals surface area contributed by atoms with Gasteiger partial charge in [-0.2, -0.15) is 4.31 Å². The maximum absolute atomic E-state index is 12.6. The minimum atomic E-state index is -3.57. The molecule has 0 N–H and O–H groups in total. The van der Waals surface area contributed by atoms with Gasteiger partial charge in [-0.3, -0.25) is 4.90 Å². The number of halogens is 1. The number of hydrogen-bond acceptors (Lipinski definition) is 4. The van der Waals surface area contributed by atoms with E-state index in [-0.39, 0.29) is 22.1 Å². The molecule has 1 aliphatic heterocycles. The molecule has 0 bridgehead atoms. The fourth-order valence-corrected chi connectivity index (χ4v) is 4.33. The molecule has 0 radical (unpaired) electrons. The van der Waals surface area contributed by atoms with E-state index in [1.807, 2.05) is 7.05 Å². The summed E-state index contributed by atoms with van der Waals surface area (Å²) in [4.78, 5) is 2.28. The van der Waals surface area contributed by atoms with Gasteiger partial charge in [0, 0.05) is 33.3 Å². The molecule has 5 nitrogen and oxygen atoms in total. The Hall–Kier alpha value is -0.660. The van der Waals surface area contributed by atoms with E-state index in [1.165, 1.54) is 10.4 Å². The van der Waals surface area contributed by atoms with Crippen molar-refractivity contribution in [3.8, 4) is 0 Å². The molecular formula is C14H21ClN2O3S. The molecule has 0 spiro atoms. The van der Waals surface area contributed by atoms with Crippen LogP contribution in [-0.2, 0) is 14.8 Å². The fraction of sp³-hybridized carbons (Fsp3) is 0.571. The Kier molecular flexibility index (Phi) is 5.27. The summed E-state index contributed by atoms with van der Waals surface area (Å²) in [5.74, 6) is 0. The SMILES string of the molecule is CO[C@H]1C[C@@H](CN(C)S(=O)(=O)c2ccccc2Cl)N(C)C1. The lowest BCUT2D eigenvalue weighted by atomic mass is 10.2. The topological polar surface area (TPSA) is 49.9 Å². The highest BCUT2D eigenvalue weighted by molar-refractivity contribution is 7.89. The predicted octanol–water partition coefficient (Wildman–Crippen LogP) is 1.68. The van der Waals surface area contributed by atoms with Crippen molar-refractivity contribution in [3.05, 3.63) is 29.3 Å².